The molecule has 0 saturated heterocycles. The van der Waals surface area contributed by atoms with Crippen LogP contribution in [0.25, 0.3) is 0 Å². The molecule has 4 nitrogen and oxygen atoms in total. The zero-order valence-electron chi connectivity index (χ0n) is 27.2. The first-order chi connectivity index (χ1) is 19.0. The number of rotatable bonds is 13. The van der Waals surface area contributed by atoms with Gasteiger partial charge in [-0.2, -0.15) is 0 Å². The second-order valence-electron chi connectivity index (χ2n) is 15.3. The zero-order valence-corrected chi connectivity index (χ0v) is 27.2. The molecule has 0 heterocycles. The summed E-state index contributed by atoms with van der Waals surface area (Å²) in [5, 5.41) is 13.9. The molecular formula is C36H63NO3. The van der Waals surface area contributed by atoms with E-state index in [4.69, 9.17) is 4.74 Å². The van der Waals surface area contributed by atoms with Crippen molar-refractivity contribution < 1.29 is 14.6 Å². The van der Waals surface area contributed by atoms with Gasteiger partial charge in [0.25, 0.3) is 5.91 Å². The fourth-order valence-corrected chi connectivity index (χ4v) is 10.5. The summed E-state index contributed by atoms with van der Waals surface area (Å²) < 4.78 is 6.81. The average Bonchev–Trinajstić information content (AvgIpc) is 3.18. The third kappa shape index (κ3) is 5.97. The molecule has 0 spiro atoms. The lowest BCUT2D eigenvalue weighted by Gasteiger charge is -2.58. The Labute approximate surface area is 246 Å². The van der Waals surface area contributed by atoms with Gasteiger partial charge in [0.2, 0.25) is 0 Å². The third-order valence-electron chi connectivity index (χ3n) is 12.4. The first-order valence-electron chi connectivity index (χ1n) is 17.3. The van der Waals surface area contributed by atoms with E-state index >= 15 is 0 Å². The van der Waals surface area contributed by atoms with Crippen LogP contribution in [0.1, 0.15) is 138 Å². The van der Waals surface area contributed by atoms with E-state index < -0.39 is 5.60 Å². The molecule has 0 radical (unpaired) electrons. The molecule has 0 aromatic carbocycles. The molecule has 0 aromatic rings. The lowest BCUT2D eigenvalue weighted by Crippen LogP contribution is -2.56. The summed E-state index contributed by atoms with van der Waals surface area (Å²) in [6, 6.07) is 0. The van der Waals surface area contributed by atoms with Gasteiger partial charge in [0.1, 0.15) is 5.60 Å². The highest BCUT2D eigenvalue weighted by molar-refractivity contribution is 5.86. The Morgan fingerprint density at radius 2 is 1.82 bits per heavy atom. The summed E-state index contributed by atoms with van der Waals surface area (Å²) >= 11 is 0. The predicted octanol–water partition coefficient (Wildman–Crippen LogP) is 8.47. The maximum absolute atomic E-state index is 14.4. The van der Waals surface area contributed by atoms with Crippen LogP contribution in [0.15, 0.2) is 11.6 Å². The molecule has 230 valence electrons. The molecule has 0 bridgehead atoms. The highest BCUT2D eigenvalue weighted by Crippen LogP contribution is 2.70. The number of amides is 1. The van der Waals surface area contributed by atoms with Crippen LogP contribution in [0.4, 0.5) is 0 Å². The second-order valence-corrected chi connectivity index (χ2v) is 15.3. The number of unbranched alkanes of at least 4 members (excludes halogenated alkanes) is 3. The monoisotopic (exact) mass is 557 g/mol. The van der Waals surface area contributed by atoms with Gasteiger partial charge in [-0.1, -0.05) is 91.7 Å². The van der Waals surface area contributed by atoms with Gasteiger partial charge >= 0.3 is 0 Å². The molecule has 2 N–H and O–H groups in total. The molecule has 40 heavy (non-hydrogen) atoms. The Kier molecular flexibility index (Phi) is 10.6. The molecular weight excluding hydrogens is 494 g/mol. The van der Waals surface area contributed by atoms with Crippen LogP contribution in [0.3, 0.4) is 0 Å². The van der Waals surface area contributed by atoms with E-state index in [1.54, 1.807) is 0 Å². The topological polar surface area (TPSA) is 58.6 Å². The summed E-state index contributed by atoms with van der Waals surface area (Å²) in [6.07, 6.45) is 18.0. The first-order valence-corrected chi connectivity index (χ1v) is 17.3. The Balaban J connectivity index is 1.66. The van der Waals surface area contributed by atoms with Gasteiger partial charge in [-0.3, -0.25) is 4.79 Å². The number of aliphatic hydroxyl groups excluding tert-OH is 1. The molecule has 0 aromatic heterocycles. The number of carbonyl (C=O) groups excluding carboxylic acids is 1. The molecule has 4 rings (SSSR count). The van der Waals surface area contributed by atoms with Crippen molar-refractivity contribution in [2.75, 3.05) is 13.2 Å². The third-order valence-corrected chi connectivity index (χ3v) is 12.4. The van der Waals surface area contributed by atoms with E-state index in [1.807, 2.05) is 0 Å². The van der Waals surface area contributed by atoms with Gasteiger partial charge in [-0.15, -0.1) is 0 Å². The van der Waals surface area contributed by atoms with Crippen LogP contribution in [-0.4, -0.2) is 35.9 Å². The van der Waals surface area contributed by atoms with Crippen LogP contribution in [0.2, 0.25) is 0 Å². The molecule has 0 aliphatic heterocycles. The minimum absolute atomic E-state index is 0.114. The normalized spacial score (nSPS) is 39.7. The molecule has 4 heteroatoms. The van der Waals surface area contributed by atoms with Crippen molar-refractivity contribution in [2.24, 2.45) is 46.3 Å². The van der Waals surface area contributed by atoms with E-state index in [2.05, 4.69) is 59.9 Å². The summed E-state index contributed by atoms with van der Waals surface area (Å²) in [7, 11) is 0. The van der Waals surface area contributed by atoms with Gasteiger partial charge in [0.05, 0.1) is 6.10 Å². The maximum Gasteiger partial charge on any atom is 0.252 e. The van der Waals surface area contributed by atoms with Gasteiger partial charge in [-0.05, 0) is 98.7 Å². The fourth-order valence-electron chi connectivity index (χ4n) is 10.5. The number of aliphatic hydroxyl groups is 1. The highest BCUT2D eigenvalue weighted by atomic mass is 16.5. The van der Waals surface area contributed by atoms with Crippen molar-refractivity contribution in [3.63, 3.8) is 0 Å². The van der Waals surface area contributed by atoms with Crippen molar-refractivity contribution in [2.45, 2.75) is 150 Å². The van der Waals surface area contributed by atoms with E-state index in [9.17, 15) is 9.90 Å². The van der Waals surface area contributed by atoms with Crippen LogP contribution < -0.4 is 5.32 Å². The Bertz CT molecular complexity index is 883. The maximum atomic E-state index is 14.4. The lowest BCUT2D eigenvalue weighted by molar-refractivity contribution is -0.160. The summed E-state index contributed by atoms with van der Waals surface area (Å²) in [5.41, 5.74) is 1.12. The van der Waals surface area contributed by atoms with Crippen molar-refractivity contribution >= 4 is 5.91 Å². The summed E-state index contributed by atoms with van der Waals surface area (Å²) in [4.78, 5) is 14.4. The molecule has 1 unspecified atom stereocenters. The number of fused-ring (bicyclic) bond motifs is 5. The van der Waals surface area contributed by atoms with Crippen molar-refractivity contribution in [1.29, 1.82) is 0 Å². The SMILES string of the molecule is CCCCCCNC(=O)C1(OCC)C[C@H]2[C@@H]3CC=C4C[C@@H](O)CC[C@]4(C)[C@H]3CC[C@]2(C)[C@H]1[C@H](C)CCCC(C)C. The zero-order chi connectivity index (χ0) is 29.1. The number of nitrogens with one attached hydrogen (secondary N) is 1. The Morgan fingerprint density at radius 3 is 2.52 bits per heavy atom. The van der Waals surface area contributed by atoms with Gasteiger partial charge in [0, 0.05) is 19.1 Å². The molecule has 3 saturated carbocycles. The van der Waals surface area contributed by atoms with Crippen molar-refractivity contribution in [3.05, 3.63) is 11.6 Å². The quantitative estimate of drug-likeness (QED) is 0.176. The summed E-state index contributed by atoms with van der Waals surface area (Å²) in [5.74, 6) is 3.37. The van der Waals surface area contributed by atoms with Crippen LogP contribution in [-0.2, 0) is 9.53 Å². The lowest BCUT2D eigenvalue weighted by atomic mass is 9.47. The number of allylic oxidation sites excluding steroid dienone is 1. The summed E-state index contributed by atoms with van der Waals surface area (Å²) in [6.45, 7) is 17.8. The Hall–Kier alpha value is -0.870. The smallest absolute Gasteiger partial charge is 0.252 e. The average molecular weight is 558 g/mol. The van der Waals surface area contributed by atoms with E-state index in [-0.39, 0.29) is 28.8 Å². The highest BCUT2D eigenvalue weighted by Gasteiger charge is 2.69. The number of carbonyl (C=O) groups is 1. The van der Waals surface area contributed by atoms with Crippen LogP contribution in [0, 0.1) is 46.3 Å². The standard InChI is InChI=1S/C36H63NO3/c1-8-10-11-12-22-37-33(39)36(40-9-2)24-31-29-17-16-27-23-28(38)18-20-34(27,6)30(29)19-21-35(31,7)32(36)26(5)15-13-14-25(3)4/h16,25-26,28-32,38H,8-15,17-24H2,1-7H3,(H,37,39)/t26-,28+,29-,30+,31+,32-,34+,35+,36?/m1/s1. The minimum atomic E-state index is -0.723. The second kappa shape index (κ2) is 13.2. The van der Waals surface area contributed by atoms with Crippen molar-refractivity contribution in [1.82, 2.24) is 5.32 Å². The Morgan fingerprint density at radius 1 is 1.05 bits per heavy atom. The van der Waals surface area contributed by atoms with E-state index in [0.717, 1.165) is 51.0 Å². The first kappa shape index (κ1) is 32.1. The van der Waals surface area contributed by atoms with E-state index in [0.29, 0.717) is 30.3 Å². The number of hydrogen-bond acceptors (Lipinski definition) is 3. The molecule has 3 fully saturated rings. The predicted molar refractivity (Wildman–Crippen MR) is 166 cm³/mol. The molecule has 9 atom stereocenters. The van der Waals surface area contributed by atoms with E-state index in [1.165, 1.54) is 56.9 Å². The van der Waals surface area contributed by atoms with Crippen LogP contribution >= 0.6 is 0 Å². The molecule has 4 aliphatic carbocycles. The van der Waals surface area contributed by atoms with Crippen LogP contribution in [0.5, 0.6) is 0 Å². The van der Waals surface area contributed by atoms with Gasteiger partial charge in [-0.25, -0.2) is 0 Å². The number of ether oxygens (including phenoxy) is 1. The molecule has 1 amide bonds. The fraction of sp³-hybridized carbons (Fsp3) is 0.917. The molecule has 4 aliphatic rings. The minimum Gasteiger partial charge on any atom is -0.393 e. The van der Waals surface area contributed by atoms with Gasteiger partial charge < -0.3 is 15.2 Å². The largest absolute Gasteiger partial charge is 0.393 e. The number of hydrogen-bond donors (Lipinski definition) is 2. The van der Waals surface area contributed by atoms with Gasteiger partial charge in [0.15, 0.2) is 0 Å². The van der Waals surface area contributed by atoms with Crippen molar-refractivity contribution in [3.8, 4) is 0 Å².